The Morgan fingerprint density at radius 1 is 1.00 bits per heavy atom. The number of halogens is 1. The van der Waals surface area contributed by atoms with Crippen molar-refractivity contribution < 1.29 is 14.2 Å². The van der Waals surface area contributed by atoms with Crippen LogP contribution in [0.5, 0.6) is 17.2 Å². The number of hydrogen-bond acceptors (Lipinski definition) is 3. The van der Waals surface area contributed by atoms with Crippen LogP contribution in [0.15, 0.2) is 55.1 Å². The van der Waals surface area contributed by atoms with Gasteiger partial charge in [0, 0.05) is 0 Å². The van der Waals surface area contributed by atoms with Crippen molar-refractivity contribution >= 4 is 11.6 Å². The van der Waals surface area contributed by atoms with E-state index in [1.165, 1.54) is 0 Å². The summed E-state index contributed by atoms with van der Waals surface area (Å²) in [5.74, 6) is 2.05. The summed E-state index contributed by atoms with van der Waals surface area (Å²) in [6, 6.07) is 13.2. The number of hydrogen-bond donors (Lipinski definition) is 0. The van der Waals surface area contributed by atoms with E-state index in [4.69, 9.17) is 25.8 Å². The van der Waals surface area contributed by atoms with Crippen molar-refractivity contribution in [1.29, 1.82) is 0 Å². The molecule has 0 amide bonds. The first kappa shape index (κ1) is 16.2. The molecule has 22 heavy (non-hydrogen) atoms. The van der Waals surface area contributed by atoms with E-state index in [0.29, 0.717) is 35.5 Å². The highest BCUT2D eigenvalue weighted by Crippen LogP contribution is 2.28. The molecule has 0 aliphatic heterocycles. The van der Waals surface area contributed by atoms with Gasteiger partial charge in [0.05, 0.1) is 12.1 Å². The quantitative estimate of drug-likeness (QED) is 0.528. The highest BCUT2D eigenvalue weighted by molar-refractivity contribution is 6.32. The highest BCUT2D eigenvalue weighted by Gasteiger charge is 2.06. The lowest BCUT2D eigenvalue weighted by Gasteiger charge is -2.13. The van der Waals surface area contributed by atoms with Gasteiger partial charge >= 0.3 is 0 Å². The summed E-state index contributed by atoms with van der Waals surface area (Å²) in [4.78, 5) is 0. The van der Waals surface area contributed by atoms with E-state index in [1.54, 1.807) is 13.2 Å². The Bertz CT molecular complexity index is 625. The fraction of sp³-hybridized carbons (Fsp3) is 0.222. The van der Waals surface area contributed by atoms with Gasteiger partial charge < -0.3 is 14.2 Å². The van der Waals surface area contributed by atoms with Gasteiger partial charge in [-0.2, -0.15) is 0 Å². The second-order valence-corrected chi connectivity index (χ2v) is 5.01. The van der Waals surface area contributed by atoms with Gasteiger partial charge in [0.15, 0.2) is 11.5 Å². The lowest BCUT2D eigenvalue weighted by molar-refractivity contribution is 0.211. The summed E-state index contributed by atoms with van der Waals surface area (Å²) in [5.41, 5.74) is 1.13. The van der Waals surface area contributed by atoms with E-state index in [0.717, 1.165) is 12.0 Å². The topological polar surface area (TPSA) is 27.7 Å². The molecule has 0 unspecified atom stereocenters. The number of benzene rings is 2. The molecule has 0 spiro atoms. The summed E-state index contributed by atoms with van der Waals surface area (Å²) in [7, 11) is 1.63. The fourth-order valence-corrected chi connectivity index (χ4v) is 2.18. The van der Waals surface area contributed by atoms with Gasteiger partial charge in [-0.1, -0.05) is 35.9 Å². The van der Waals surface area contributed by atoms with Crippen molar-refractivity contribution in [3.05, 3.63) is 65.7 Å². The van der Waals surface area contributed by atoms with Gasteiger partial charge in [0.1, 0.15) is 19.0 Å². The number of ether oxygens (including phenoxy) is 3. The van der Waals surface area contributed by atoms with E-state index < -0.39 is 0 Å². The lowest BCUT2D eigenvalue weighted by Crippen LogP contribution is -2.09. The Labute approximate surface area is 136 Å². The Morgan fingerprint density at radius 2 is 1.73 bits per heavy atom. The van der Waals surface area contributed by atoms with Crippen LogP contribution in [0, 0.1) is 0 Å². The highest BCUT2D eigenvalue weighted by atomic mass is 35.5. The van der Waals surface area contributed by atoms with Crippen LogP contribution in [0.2, 0.25) is 5.02 Å². The zero-order valence-corrected chi connectivity index (χ0v) is 13.3. The first-order valence-corrected chi connectivity index (χ1v) is 7.40. The average molecular weight is 319 g/mol. The molecule has 0 aromatic heterocycles. The van der Waals surface area contributed by atoms with Crippen molar-refractivity contribution in [2.45, 2.75) is 6.42 Å². The van der Waals surface area contributed by atoms with Crippen LogP contribution < -0.4 is 14.2 Å². The molecule has 2 rings (SSSR count). The summed E-state index contributed by atoms with van der Waals surface area (Å²) in [5, 5.41) is 0.592. The van der Waals surface area contributed by atoms with Crippen LogP contribution in [-0.4, -0.2) is 20.3 Å². The summed E-state index contributed by atoms with van der Waals surface area (Å²) in [6.45, 7) is 4.54. The SMILES string of the molecule is C=CCc1ccc(OCCOc2ccccc2Cl)c(OC)c1. The molecular formula is C18H19ClO3. The maximum absolute atomic E-state index is 6.02. The Kier molecular flexibility index (Phi) is 6.16. The molecule has 4 heteroatoms. The van der Waals surface area contributed by atoms with Gasteiger partial charge in [-0.3, -0.25) is 0 Å². The minimum absolute atomic E-state index is 0.404. The smallest absolute Gasteiger partial charge is 0.161 e. The van der Waals surface area contributed by atoms with Crippen LogP contribution >= 0.6 is 11.6 Å². The van der Waals surface area contributed by atoms with E-state index in [1.807, 2.05) is 42.5 Å². The molecule has 0 saturated heterocycles. The predicted molar refractivity (Wildman–Crippen MR) is 89.3 cm³/mol. The maximum atomic E-state index is 6.02. The monoisotopic (exact) mass is 318 g/mol. The third kappa shape index (κ3) is 4.43. The van der Waals surface area contributed by atoms with E-state index >= 15 is 0 Å². The Hall–Kier alpha value is -2.13. The van der Waals surface area contributed by atoms with Crippen LogP contribution in [0.1, 0.15) is 5.56 Å². The lowest BCUT2D eigenvalue weighted by atomic mass is 10.1. The van der Waals surface area contributed by atoms with E-state index in [9.17, 15) is 0 Å². The number of para-hydroxylation sites is 1. The van der Waals surface area contributed by atoms with Gasteiger partial charge in [0.25, 0.3) is 0 Å². The van der Waals surface area contributed by atoms with Crippen LogP contribution in [0.3, 0.4) is 0 Å². The van der Waals surface area contributed by atoms with E-state index in [2.05, 4.69) is 6.58 Å². The largest absolute Gasteiger partial charge is 0.493 e. The first-order valence-electron chi connectivity index (χ1n) is 7.02. The zero-order chi connectivity index (χ0) is 15.8. The standard InChI is InChI=1S/C18H19ClO3/c1-3-6-14-9-10-17(18(13-14)20-2)22-12-11-21-16-8-5-4-7-15(16)19/h3-5,7-10,13H,1,6,11-12H2,2H3. The molecule has 0 N–H and O–H groups in total. The second kappa shape index (κ2) is 8.35. The predicted octanol–water partition coefficient (Wildman–Crippen LogP) is 4.53. The molecule has 2 aromatic rings. The van der Waals surface area contributed by atoms with Crippen LogP contribution in [0.4, 0.5) is 0 Å². The summed E-state index contributed by atoms with van der Waals surface area (Å²) in [6.07, 6.45) is 2.65. The first-order chi connectivity index (χ1) is 10.7. The zero-order valence-electron chi connectivity index (χ0n) is 12.5. The molecule has 0 aliphatic rings. The molecule has 3 nitrogen and oxygen atoms in total. The number of rotatable bonds is 8. The minimum atomic E-state index is 0.404. The van der Waals surface area contributed by atoms with Crippen molar-refractivity contribution in [3.63, 3.8) is 0 Å². The average Bonchev–Trinajstić information content (AvgIpc) is 2.54. The van der Waals surface area contributed by atoms with E-state index in [-0.39, 0.29) is 0 Å². The Balaban J connectivity index is 1.89. The fourth-order valence-electron chi connectivity index (χ4n) is 1.99. The van der Waals surface area contributed by atoms with Crippen molar-refractivity contribution in [2.75, 3.05) is 20.3 Å². The maximum Gasteiger partial charge on any atom is 0.161 e. The molecule has 0 aliphatic carbocycles. The number of allylic oxidation sites excluding steroid dienone is 1. The third-order valence-corrected chi connectivity index (χ3v) is 3.36. The molecule has 0 heterocycles. The van der Waals surface area contributed by atoms with Gasteiger partial charge in [-0.25, -0.2) is 0 Å². The molecule has 0 saturated carbocycles. The molecule has 2 aromatic carbocycles. The normalized spacial score (nSPS) is 10.1. The molecule has 0 radical (unpaired) electrons. The van der Waals surface area contributed by atoms with Gasteiger partial charge in [0.2, 0.25) is 0 Å². The van der Waals surface area contributed by atoms with Crippen LogP contribution in [-0.2, 0) is 6.42 Å². The number of methoxy groups -OCH3 is 1. The van der Waals surface area contributed by atoms with Gasteiger partial charge in [-0.15, -0.1) is 6.58 Å². The van der Waals surface area contributed by atoms with Crippen LogP contribution in [0.25, 0.3) is 0 Å². The molecule has 0 bridgehead atoms. The Morgan fingerprint density at radius 3 is 2.41 bits per heavy atom. The van der Waals surface area contributed by atoms with Crippen molar-refractivity contribution in [1.82, 2.24) is 0 Å². The molecular weight excluding hydrogens is 300 g/mol. The molecule has 0 atom stereocenters. The summed E-state index contributed by atoms with van der Waals surface area (Å²) < 4.78 is 16.6. The van der Waals surface area contributed by atoms with Crippen molar-refractivity contribution in [3.8, 4) is 17.2 Å². The molecule has 116 valence electrons. The molecule has 0 fully saturated rings. The van der Waals surface area contributed by atoms with Crippen molar-refractivity contribution in [2.24, 2.45) is 0 Å². The summed E-state index contributed by atoms with van der Waals surface area (Å²) >= 11 is 6.02. The third-order valence-electron chi connectivity index (χ3n) is 3.04. The second-order valence-electron chi connectivity index (χ2n) is 4.61. The minimum Gasteiger partial charge on any atom is -0.493 e. The van der Waals surface area contributed by atoms with Gasteiger partial charge in [-0.05, 0) is 36.2 Å².